The Morgan fingerprint density at radius 3 is 3.27 bits per heavy atom. The fraction of sp³-hybridized carbons (Fsp3) is 0.286. The highest BCUT2D eigenvalue weighted by Crippen LogP contribution is 2.33. The first-order chi connectivity index (χ1) is 5.29. The van der Waals surface area contributed by atoms with Gasteiger partial charge in [0.1, 0.15) is 0 Å². The van der Waals surface area contributed by atoms with Gasteiger partial charge in [0, 0.05) is 16.4 Å². The van der Waals surface area contributed by atoms with E-state index in [1.165, 1.54) is 4.91 Å². The van der Waals surface area contributed by atoms with Gasteiger partial charge in [0.25, 0.3) is 0 Å². The zero-order chi connectivity index (χ0) is 7.84. The van der Waals surface area contributed by atoms with Crippen LogP contribution in [0.15, 0.2) is 22.6 Å². The Morgan fingerprint density at radius 2 is 2.55 bits per heavy atom. The van der Waals surface area contributed by atoms with Crippen LogP contribution in [0.5, 0.6) is 0 Å². The molecule has 1 aliphatic heterocycles. The maximum Gasteiger partial charge on any atom is 0.246 e. The molecule has 0 saturated carbocycles. The summed E-state index contributed by atoms with van der Waals surface area (Å²) in [5, 5.41) is 3.18. The predicted octanol–water partition coefficient (Wildman–Crippen LogP) is -0.0419. The number of hydrogen-bond acceptors (Lipinski definition) is 3. The number of hydrogen-bond donors (Lipinski definition) is 2. The van der Waals surface area contributed by atoms with E-state index in [4.69, 9.17) is 5.73 Å². The van der Waals surface area contributed by atoms with Crippen LogP contribution < -0.4 is 11.1 Å². The normalized spacial score (nSPS) is 27.8. The second-order valence-electron chi connectivity index (χ2n) is 2.48. The monoisotopic (exact) mass is 168 g/mol. The number of amides is 1. The summed E-state index contributed by atoms with van der Waals surface area (Å²) in [4.78, 5) is 12.0. The van der Waals surface area contributed by atoms with E-state index in [0.29, 0.717) is 5.57 Å². The van der Waals surface area contributed by atoms with Crippen molar-refractivity contribution in [2.45, 2.75) is 6.04 Å². The van der Waals surface area contributed by atoms with E-state index in [9.17, 15) is 4.79 Å². The van der Waals surface area contributed by atoms with Gasteiger partial charge in [0.05, 0.1) is 6.04 Å². The van der Waals surface area contributed by atoms with Crippen LogP contribution in [0, 0.1) is 0 Å². The minimum atomic E-state index is -0.323. The quantitative estimate of drug-likeness (QED) is 0.577. The van der Waals surface area contributed by atoms with Crippen LogP contribution in [-0.2, 0) is 4.79 Å². The van der Waals surface area contributed by atoms with E-state index in [1.54, 1.807) is 17.8 Å². The summed E-state index contributed by atoms with van der Waals surface area (Å²) in [5.74, 6) is 0.553. The van der Waals surface area contributed by atoms with Crippen molar-refractivity contribution in [3.63, 3.8) is 0 Å². The van der Waals surface area contributed by atoms with Gasteiger partial charge in [-0.15, -0.1) is 11.8 Å². The van der Waals surface area contributed by atoms with Gasteiger partial charge in [-0.2, -0.15) is 0 Å². The molecule has 1 amide bonds. The standard InChI is InChI=1S/C7H8N2OS/c8-7(10)4-1-2-5-6(4)9-3-11-5/h1-2,6,9H,3H2,(H2,8,10). The molecule has 1 aliphatic carbocycles. The molecule has 0 radical (unpaired) electrons. The van der Waals surface area contributed by atoms with E-state index in [0.717, 1.165) is 5.88 Å². The Balaban J connectivity index is 2.24. The molecule has 0 aromatic rings. The summed E-state index contributed by atoms with van der Waals surface area (Å²) in [6.45, 7) is 0. The number of nitrogens with one attached hydrogen (secondary N) is 1. The molecular weight excluding hydrogens is 160 g/mol. The van der Waals surface area contributed by atoms with Gasteiger partial charge in [-0.05, 0) is 0 Å². The lowest BCUT2D eigenvalue weighted by Gasteiger charge is -2.06. The number of primary amides is 1. The Labute approximate surface area is 68.7 Å². The Bertz CT molecular complexity index is 270. The first kappa shape index (κ1) is 6.94. The fourth-order valence-electron chi connectivity index (χ4n) is 1.29. The maximum atomic E-state index is 10.8. The van der Waals surface area contributed by atoms with E-state index >= 15 is 0 Å². The summed E-state index contributed by atoms with van der Waals surface area (Å²) in [6.07, 6.45) is 3.75. The maximum absolute atomic E-state index is 10.8. The highest BCUT2D eigenvalue weighted by Gasteiger charge is 2.30. The third-order valence-electron chi connectivity index (χ3n) is 1.83. The second-order valence-corrected chi connectivity index (χ2v) is 3.53. The number of fused-ring (bicyclic) bond motifs is 1. The summed E-state index contributed by atoms with van der Waals surface area (Å²) >= 11 is 1.72. The molecule has 1 fully saturated rings. The van der Waals surface area contributed by atoms with E-state index < -0.39 is 0 Å². The molecular formula is C7H8N2OS. The molecule has 1 unspecified atom stereocenters. The molecule has 1 saturated heterocycles. The summed E-state index contributed by atoms with van der Waals surface area (Å²) in [5.41, 5.74) is 5.85. The average molecular weight is 168 g/mol. The van der Waals surface area contributed by atoms with E-state index in [1.807, 2.05) is 6.08 Å². The second kappa shape index (κ2) is 2.39. The molecule has 1 heterocycles. The molecule has 1 atom stereocenters. The van der Waals surface area contributed by atoms with Gasteiger partial charge in [-0.3, -0.25) is 10.1 Å². The third kappa shape index (κ3) is 0.985. The van der Waals surface area contributed by atoms with Crippen LogP contribution in [0.3, 0.4) is 0 Å². The zero-order valence-corrected chi connectivity index (χ0v) is 6.65. The molecule has 2 aliphatic rings. The number of carbonyl (C=O) groups is 1. The highest BCUT2D eigenvalue weighted by atomic mass is 32.2. The molecule has 58 valence electrons. The molecule has 2 rings (SSSR count). The van der Waals surface area contributed by atoms with Crippen LogP contribution in [0.4, 0.5) is 0 Å². The number of thioether (sulfide) groups is 1. The van der Waals surface area contributed by atoms with Crippen LogP contribution >= 0.6 is 11.8 Å². The number of nitrogens with two attached hydrogens (primary N) is 1. The molecule has 3 nitrogen and oxygen atoms in total. The lowest BCUT2D eigenvalue weighted by molar-refractivity contribution is -0.114. The van der Waals surface area contributed by atoms with Gasteiger partial charge in [0.2, 0.25) is 5.91 Å². The van der Waals surface area contributed by atoms with E-state index in [2.05, 4.69) is 5.32 Å². The molecule has 4 heteroatoms. The third-order valence-corrected chi connectivity index (χ3v) is 2.85. The summed E-state index contributed by atoms with van der Waals surface area (Å²) < 4.78 is 0. The van der Waals surface area contributed by atoms with Crippen molar-refractivity contribution < 1.29 is 4.79 Å². The fourth-order valence-corrected chi connectivity index (χ4v) is 2.25. The van der Waals surface area contributed by atoms with Crippen molar-refractivity contribution in [2.75, 3.05) is 5.88 Å². The molecule has 0 aromatic carbocycles. The van der Waals surface area contributed by atoms with E-state index in [-0.39, 0.29) is 11.9 Å². The lowest BCUT2D eigenvalue weighted by Crippen LogP contribution is -2.30. The van der Waals surface area contributed by atoms with Crippen molar-refractivity contribution in [1.29, 1.82) is 0 Å². The zero-order valence-electron chi connectivity index (χ0n) is 5.83. The molecule has 11 heavy (non-hydrogen) atoms. The van der Waals surface area contributed by atoms with Gasteiger partial charge in [-0.1, -0.05) is 12.2 Å². The van der Waals surface area contributed by atoms with Crippen LogP contribution in [-0.4, -0.2) is 17.8 Å². The van der Waals surface area contributed by atoms with Crippen LogP contribution in [0.2, 0.25) is 0 Å². The van der Waals surface area contributed by atoms with Crippen LogP contribution in [0.1, 0.15) is 0 Å². The van der Waals surface area contributed by atoms with Gasteiger partial charge >= 0.3 is 0 Å². The number of carbonyl (C=O) groups excluding carboxylic acids is 1. The van der Waals surface area contributed by atoms with Gasteiger partial charge in [-0.25, -0.2) is 0 Å². The summed E-state index contributed by atoms with van der Waals surface area (Å²) in [6, 6.07) is 0.0949. The molecule has 0 aromatic heterocycles. The largest absolute Gasteiger partial charge is 0.366 e. The Hall–Kier alpha value is -0.740. The smallest absolute Gasteiger partial charge is 0.246 e. The Kier molecular flexibility index (Phi) is 1.51. The topological polar surface area (TPSA) is 55.1 Å². The van der Waals surface area contributed by atoms with Crippen molar-refractivity contribution in [3.05, 3.63) is 22.6 Å². The number of rotatable bonds is 1. The Morgan fingerprint density at radius 1 is 1.73 bits per heavy atom. The van der Waals surface area contributed by atoms with Crippen molar-refractivity contribution in [1.82, 2.24) is 5.32 Å². The summed E-state index contributed by atoms with van der Waals surface area (Å²) in [7, 11) is 0. The minimum Gasteiger partial charge on any atom is -0.366 e. The molecule has 0 bridgehead atoms. The van der Waals surface area contributed by atoms with Crippen molar-refractivity contribution >= 4 is 17.7 Å². The SMILES string of the molecule is NC(=O)C1=CC=C2SCNC21. The first-order valence-electron chi connectivity index (χ1n) is 3.37. The minimum absolute atomic E-state index is 0.0949. The molecule has 0 spiro atoms. The predicted molar refractivity (Wildman–Crippen MR) is 44.7 cm³/mol. The van der Waals surface area contributed by atoms with Gasteiger partial charge < -0.3 is 5.73 Å². The highest BCUT2D eigenvalue weighted by molar-refractivity contribution is 8.03. The average Bonchev–Trinajstić information content (AvgIpc) is 2.41. The number of allylic oxidation sites excluding steroid dienone is 2. The van der Waals surface area contributed by atoms with Crippen molar-refractivity contribution in [2.24, 2.45) is 5.73 Å². The van der Waals surface area contributed by atoms with Crippen molar-refractivity contribution in [3.8, 4) is 0 Å². The molecule has 3 N–H and O–H groups in total. The lowest BCUT2D eigenvalue weighted by atomic mass is 10.1. The first-order valence-corrected chi connectivity index (χ1v) is 4.35. The van der Waals surface area contributed by atoms with Crippen LogP contribution in [0.25, 0.3) is 0 Å². The van der Waals surface area contributed by atoms with Gasteiger partial charge in [0.15, 0.2) is 0 Å².